The summed E-state index contributed by atoms with van der Waals surface area (Å²) in [4.78, 5) is 14.9. The van der Waals surface area contributed by atoms with Crippen molar-refractivity contribution in [3.8, 4) is 10.6 Å². The van der Waals surface area contributed by atoms with E-state index in [1.54, 1.807) is 12.3 Å². The van der Waals surface area contributed by atoms with E-state index in [0.29, 0.717) is 16.6 Å². The Labute approximate surface area is 116 Å². The van der Waals surface area contributed by atoms with Gasteiger partial charge in [-0.1, -0.05) is 25.2 Å². The first-order valence-electron chi connectivity index (χ1n) is 6.31. The highest BCUT2D eigenvalue weighted by molar-refractivity contribution is 7.14. The van der Waals surface area contributed by atoms with Crippen LogP contribution in [0.3, 0.4) is 0 Å². The van der Waals surface area contributed by atoms with E-state index in [4.69, 9.17) is 0 Å². The summed E-state index contributed by atoms with van der Waals surface area (Å²) in [5.41, 5.74) is 1.42. The smallest absolute Gasteiger partial charge is 0.192 e. The number of hydrogen-bond acceptors (Lipinski definition) is 5. The van der Waals surface area contributed by atoms with Crippen molar-refractivity contribution in [2.45, 2.75) is 33.2 Å². The van der Waals surface area contributed by atoms with E-state index in [-0.39, 0.29) is 5.43 Å². The average Bonchev–Trinajstić information content (AvgIpc) is 2.77. The van der Waals surface area contributed by atoms with Gasteiger partial charge in [0, 0.05) is 37.0 Å². The third-order valence-electron chi connectivity index (χ3n) is 2.65. The molecule has 0 aliphatic carbocycles. The predicted molar refractivity (Wildman–Crippen MR) is 77.5 cm³/mol. The molecular weight excluding hydrogens is 260 g/mol. The second-order valence-corrected chi connectivity index (χ2v) is 5.82. The molecule has 0 unspecified atom stereocenters. The first kappa shape index (κ1) is 13.9. The maximum Gasteiger partial charge on any atom is 0.192 e. The fourth-order valence-electron chi connectivity index (χ4n) is 1.67. The molecule has 0 radical (unpaired) electrons. The highest BCUT2D eigenvalue weighted by Gasteiger charge is 2.10. The van der Waals surface area contributed by atoms with Gasteiger partial charge in [-0.2, -0.15) is 0 Å². The molecule has 0 aromatic carbocycles. The van der Waals surface area contributed by atoms with E-state index < -0.39 is 0 Å². The molecule has 0 saturated heterocycles. The highest BCUT2D eigenvalue weighted by atomic mass is 32.1. The van der Waals surface area contributed by atoms with Crippen molar-refractivity contribution >= 4 is 11.3 Å². The number of nitrogens with one attached hydrogen (secondary N) is 2. The Morgan fingerprint density at radius 2 is 2.21 bits per heavy atom. The molecule has 0 atom stereocenters. The molecule has 0 spiro atoms. The standard InChI is InChI=1S/C13H18N4OS/c1-8(2)14-5-4-12-16-17-13(19-12)10-7-15-9(3)6-11(10)18/h6-8,14H,4-5H2,1-3H3,(H,15,18). The number of rotatable bonds is 5. The summed E-state index contributed by atoms with van der Waals surface area (Å²) in [7, 11) is 0. The molecule has 2 aromatic heterocycles. The zero-order valence-electron chi connectivity index (χ0n) is 11.4. The lowest BCUT2D eigenvalue weighted by atomic mass is 10.2. The Hall–Kier alpha value is -1.53. The fraction of sp³-hybridized carbons (Fsp3) is 0.462. The average molecular weight is 278 g/mol. The molecule has 2 N–H and O–H groups in total. The SMILES string of the molecule is Cc1cc(=O)c(-c2nnc(CCNC(C)C)s2)c[nH]1. The molecule has 6 heteroatoms. The number of aromatic nitrogens is 3. The van der Waals surface area contributed by atoms with Crippen LogP contribution in [0.4, 0.5) is 0 Å². The summed E-state index contributed by atoms with van der Waals surface area (Å²) >= 11 is 1.48. The Kier molecular flexibility index (Phi) is 4.44. The number of pyridine rings is 1. The van der Waals surface area contributed by atoms with Crippen molar-refractivity contribution in [3.63, 3.8) is 0 Å². The molecule has 0 aliphatic rings. The molecule has 5 nitrogen and oxygen atoms in total. The van der Waals surface area contributed by atoms with Crippen LogP contribution < -0.4 is 10.7 Å². The van der Waals surface area contributed by atoms with Gasteiger partial charge in [-0.05, 0) is 6.92 Å². The second-order valence-electron chi connectivity index (χ2n) is 4.75. The van der Waals surface area contributed by atoms with Gasteiger partial charge in [-0.3, -0.25) is 4.79 Å². The van der Waals surface area contributed by atoms with Crippen molar-refractivity contribution in [2.75, 3.05) is 6.54 Å². The molecule has 19 heavy (non-hydrogen) atoms. The Bertz CT molecular complexity index is 603. The summed E-state index contributed by atoms with van der Waals surface area (Å²) in [6.45, 7) is 6.94. The Balaban J connectivity index is 2.10. The molecule has 2 aromatic rings. The van der Waals surface area contributed by atoms with E-state index in [1.807, 2.05) is 6.92 Å². The first-order valence-corrected chi connectivity index (χ1v) is 7.13. The number of aromatic amines is 1. The maximum atomic E-state index is 11.9. The van der Waals surface area contributed by atoms with Gasteiger partial charge >= 0.3 is 0 Å². The van der Waals surface area contributed by atoms with Crippen LogP contribution in [0.15, 0.2) is 17.1 Å². The Morgan fingerprint density at radius 3 is 2.89 bits per heavy atom. The lowest BCUT2D eigenvalue weighted by molar-refractivity contribution is 0.588. The van der Waals surface area contributed by atoms with Crippen molar-refractivity contribution in [1.82, 2.24) is 20.5 Å². The molecule has 0 amide bonds. The summed E-state index contributed by atoms with van der Waals surface area (Å²) in [5.74, 6) is 0. The zero-order chi connectivity index (χ0) is 13.8. The molecule has 0 bridgehead atoms. The number of H-pyrrole nitrogens is 1. The van der Waals surface area contributed by atoms with Crippen LogP contribution in [0.5, 0.6) is 0 Å². The number of nitrogens with zero attached hydrogens (tertiary/aromatic N) is 2. The molecule has 2 heterocycles. The van der Waals surface area contributed by atoms with Crippen molar-refractivity contribution in [3.05, 3.63) is 33.2 Å². The van der Waals surface area contributed by atoms with Crippen LogP contribution in [0.25, 0.3) is 10.6 Å². The molecule has 2 rings (SSSR count). The van der Waals surface area contributed by atoms with Crippen LogP contribution in [0, 0.1) is 6.92 Å². The largest absolute Gasteiger partial charge is 0.364 e. The summed E-state index contributed by atoms with van der Waals surface area (Å²) in [5, 5.41) is 13.2. The molecule has 102 valence electrons. The predicted octanol–water partition coefficient (Wildman–Crippen LogP) is 1.74. The van der Waals surface area contributed by atoms with E-state index in [2.05, 4.69) is 34.3 Å². The topological polar surface area (TPSA) is 70.7 Å². The van der Waals surface area contributed by atoms with Gasteiger partial charge in [0.25, 0.3) is 0 Å². The maximum absolute atomic E-state index is 11.9. The normalized spacial score (nSPS) is 11.2. The summed E-state index contributed by atoms with van der Waals surface area (Å²) in [6, 6.07) is 2.05. The second kappa shape index (κ2) is 6.08. The minimum Gasteiger partial charge on any atom is -0.364 e. The quantitative estimate of drug-likeness (QED) is 0.874. The van der Waals surface area contributed by atoms with Crippen molar-refractivity contribution < 1.29 is 0 Å². The van der Waals surface area contributed by atoms with Crippen LogP contribution in [-0.2, 0) is 6.42 Å². The first-order chi connectivity index (χ1) is 9.06. The van der Waals surface area contributed by atoms with Crippen LogP contribution in [-0.4, -0.2) is 27.8 Å². The van der Waals surface area contributed by atoms with Crippen molar-refractivity contribution in [1.29, 1.82) is 0 Å². The summed E-state index contributed by atoms with van der Waals surface area (Å²) < 4.78 is 0. The van der Waals surface area contributed by atoms with Crippen LogP contribution in [0.2, 0.25) is 0 Å². The zero-order valence-corrected chi connectivity index (χ0v) is 12.2. The summed E-state index contributed by atoms with van der Waals surface area (Å²) in [6.07, 6.45) is 2.54. The van der Waals surface area contributed by atoms with Gasteiger partial charge in [0.15, 0.2) is 10.4 Å². The van der Waals surface area contributed by atoms with Gasteiger partial charge in [-0.15, -0.1) is 10.2 Å². The molecule has 0 aliphatic heterocycles. The van der Waals surface area contributed by atoms with E-state index in [1.165, 1.54) is 11.3 Å². The van der Waals surface area contributed by atoms with Gasteiger partial charge in [-0.25, -0.2) is 0 Å². The minimum atomic E-state index is -0.0146. The molecular formula is C13H18N4OS. The van der Waals surface area contributed by atoms with Gasteiger partial charge < -0.3 is 10.3 Å². The van der Waals surface area contributed by atoms with Gasteiger partial charge in [0.05, 0.1) is 5.56 Å². The minimum absolute atomic E-state index is 0.0146. The lowest BCUT2D eigenvalue weighted by Crippen LogP contribution is -2.24. The Morgan fingerprint density at radius 1 is 1.42 bits per heavy atom. The van der Waals surface area contributed by atoms with Gasteiger partial charge in [0.1, 0.15) is 5.01 Å². The highest BCUT2D eigenvalue weighted by Crippen LogP contribution is 2.20. The van der Waals surface area contributed by atoms with Crippen LogP contribution in [0.1, 0.15) is 24.5 Å². The van der Waals surface area contributed by atoms with Crippen molar-refractivity contribution in [2.24, 2.45) is 0 Å². The number of hydrogen-bond donors (Lipinski definition) is 2. The third-order valence-corrected chi connectivity index (χ3v) is 3.66. The lowest BCUT2D eigenvalue weighted by Gasteiger charge is -2.05. The van der Waals surface area contributed by atoms with Crippen LogP contribution >= 0.6 is 11.3 Å². The van der Waals surface area contributed by atoms with E-state index in [9.17, 15) is 4.79 Å². The number of aryl methyl sites for hydroxylation is 1. The van der Waals surface area contributed by atoms with E-state index >= 15 is 0 Å². The van der Waals surface area contributed by atoms with Gasteiger partial charge in [0.2, 0.25) is 0 Å². The molecule has 0 fully saturated rings. The third kappa shape index (κ3) is 3.71. The fourth-order valence-corrected chi connectivity index (χ4v) is 2.53. The monoisotopic (exact) mass is 278 g/mol. The molecule has 0 saturated carbocycles. The van der Waals surface area contributed by atoms with E-state index in [0.717, 1.165) is 23.7 Å².